The Bertz CT molecular complexity index is 520. The van der Waals surface area contributed by atoms with Crippen molar-refractivity contribution in [2.24, 2.45) is 11.3 Å². The number of carbonyl (C=O) groups is 2. The number of carbonyl (C=O) groups excluding carboxylic acids is 2. The van der Waals surface area contributed by atoms with E-state index in [-0.39, 0.29) is 18.4 Å². The van der Waals surface area contributed by atoms with Crippen LogP contribution in [-0.4, -0.2) is 23.6 Å². The highest BCUT2D eigenvalue weighted by Gasteiger charge is 2.74. The molecule has 1 saturated heterocycles. The van der Waals surface area contributed by atoms with E-state index in [9.17, 15) is 14.9 Å². The van der Waals surface area contributed by atoms with Crippen molar-refractivity contribution in [1.82, 2.24) is 0 Å². The molecule has 3 unspecified atom stereocenters. The fourth-order valence-electron chi connectivity index (χ4n) is 3.56. The van der Waals surface area contributed by atoms with Crippen LogP contribution in [0.3, 0.4) is 0 Å². The summed E-state index contributed by atoms with van der Waals surface area (Å²) in [7, 11) is 0. The Labute approximate surface area is 104 Å². The first kappa shape index (κ1) is 11.3. The molecule has 5 heteroatoms. The van der Waals surface area contributed by atoms with Gasteiger partial charge in [0.05, 0.1) is 6.07 Å². The lowest BCUT2D eigenvalue weighted by Gasteiger charge is -2.29. The van der Waals surface area contributed by atoms with Gasteiger partial charge in [-0.2, -0.15) is 5.26 Å². The van der Waals surface area contributed by atoms with Crippen molar-refractivity contribution in [1.29, 1.82) is 5.26 Å². The summed E-state index contributed by atoms with van der Waals surface area (Å²) in [4.78, 5) is 23.5. The third-order valence-electron chi connectivity index (χ3n) is 4.33. The quantitative estimate of drug-likeness (QED) is 0.539. The van der Waals surface area contributed by atoms with Crippen LogP contribution >= 0.6 is 0 Å². The number of hydrogen-bond acceptors (Lipinski definition) is 5. The van der Waals surface area contributed by atoms with Crippen LogP contribution in [0.4, 0.5) is 0 Å². The van der Waals surface area contributed by atoms with E-state index in [1.165, 1.54) is 0 Å². The number of nitriles is 1. The summed E-state index contributed by atoms with van der Waals surface area (Å²) in [5.74, 6) is -1.05. The van der Waals surface area contributed by atoms with Crippen LogP contribution in [0, 0.1) is 22.7 Å². The average molecular weight is 247 g/mol. The topological polar surface area (TPSA) is 76.4 Å². The molecule has 3 rings (SSSR count). The number of rotatable bonds is 2. The second kappa shape index (κ2) is 3.14. The van der Waals surface area contributed by atoms with E-state index in [2.05, 4.69) is 12.6 Å². The molecule has 2 bridgehead atoms. The highest BCUT2D eigenvalue weighted by atomic mass is 16.6. The van der Waals surface area contributed by atoms with Crippen LogP contribution in [0.25, 0.3) is 0 Å². The van der Waals surface area contributed by atoms with Crippen LogP contribution in [-0.2, 0) is 19.1 Å². The molecule has 5 nitrogen and oxygen atoms in total. The van der Waals surface area contributed by atoms with Crippen LogP contribution < -0.4 is 0 Å². The van der Waals surface area contributed by atoms with Crippen LogP contribution in [0.1, 0.15) is 26.2 Å². The number of fused-ring (bicyclic) bond motifs is 1. The number of esters is 2. The lowest BCUT2D eigenvalue weighted by molar-refractivity contribution is -0.155. The average Bonchev–Trinajstić information content (AvgIpc) is 2.84. The molecule has 2 aliphatic carbocycles. The minimum Gasteiger partial charge on any atom is -0.461 e. The first-order valence-corrected chi connectivity index (χ1v) is 5.94. The molecule has 2 saturated carbocycles. The Morgan fingerprint density at radius 3 is 2.89 bits per heavy atom. The molecule has 0 N–H and O–H groups in total. The second-order valence-electron chi connectivity index (χ2n) is 5.57. The van der Waals surface area contributed by atoms with Gasteiger partial charge in [0.1, 0.15) is 11.7 Å². The van der Waals surface area contributed by atoms with Crippen molar-refractivity contribution in [2.75, 3.05) is 0 Å². The monoisotopic (exact) mass is 247 g/mol. The molecule has 0 amide bonds. The lowest BCUT2D eigenvalue weighted by atomic mass is 9.75. The standard InChI is InChI=1S/C13H13NO4/c1-7(2)10(15)18-12-3-8-9(4-12)17-11(16)13(8,5-12)6-14/h8-9H,1,3-5H2,2H3/t8?,9?,12?,13-/m0/s1. The maximum Gasteiger partial charge on any atom is 0.333 e. The van der Waals surface area contributed by atoms with E-state index in [0.29, 0.717) is 18.4 Å². The maximum atomic E-state index is 11.8. The Kier molecular flexibility index (Phi) is 1.96. The van der Waals surface area contributed by atoms with Gasteiger partial charge < -0.3 is 9.47 Å². The van der Waals surface area contributed by atoms with Gasteiger partial charge in [0, 0.05) is 24.3 Å². The van der Waals surface area contributed by atoms with Gasteiger partial charge in [-0.25, -0.2) is 4.79 Å². The van der Waals surface area contributed by atoms with E-state index in [1.807, 2.05) is 0 Å². The third kappa shape index (κ3) is 1.15. The SMILES string of the molecule is C=C(C)C(=O)OC12CC3OC(=O)[C@](C#N)(C1)C3C2. The van der Waals surface area contributed by atoms with E-state index in [4.69, 9.17) is 9.47 Å². The number of ether oxygens (including phenoxy) is 2. The summed E-state index contributed by atoms with van der Waals surface area (Å²) in [6, 6.07) is 2.09. The van der Waals surface area contributed by atoms with Gasteiger partial charge in [0.15, 0.2) is 5.41 Å². The second-order valence-corrected chi connectivity index (χ2v) is 5.57. The summed E-state index contributed by atoms with van der Waals surface area (Å²) < 4.78 is 10.7. The molecule has 0 radical (unpaired) electrons. The summed E-state index contributed by atoms with van der Waals surface area (Å²) in [5.41, 5.74) is -1.49. The van der Waals surface area contributed by atoms with Gasteiger partial charge in [-0.1, -0.05) is 6.58 Å². The van der Waals surface area contributed by atoms with E-state index in [0.717, 1.165) is 0 Å². The van der Waals surface area contributed by atoms with Gasteiger partial charge in [0.2, 0.25) is 0 Å². The van der Waals surface area contributed by atoms with Crippen molar-refractivity contribution >= 4 is 11.9 Å². The predicted molar refractivity (Wildman–Crippen MR) is 58.9 cm³/mol. The highest BCUT2D eigenvalue weighted by Crippen LogP contribution is 2.64. The molecule has 0 aromatic rings. The smallest absolute Gasteiger partial charge is 0.333 e. The molecular formula is C13H13NO4. The summed E-state index contributed by atoms with van der Waals surface area (Å²) in [6.07, 6.45) is 1.03. The maximum absolute atomic E-state index is 11.8. The zero-order valence-corrected chi connectivity index (χ0v) is 10.1. The molecule has 0 aromatic heterocycles. The van der Waals surface area contributed by atoms with Gasteiger partial charge in [-0.05, 0) is 13.3 Å². The molecule has 4 atom stereocenters. The predicted octanol–water partition coefficient (Wildman–Crippen LogP) is 1.09. The van der Waals surface area contributed by atoms with E-state index in [1.54, 1.807) is 6.92 Å². The van der Waals surface area contributed by atoms with Crippen molar-refractivity contribution < 1.29 is 19.1 Å². The molecule has 94 valence electrons. The Morgan fingerprint density at radius 2 is 2.33 bits per heavy atom. The van der Waals surface area contributed by atoms with Gasteiger partial charge in [0.25, 0.3) is 0 Å². The fraction of sp³-hybridized carbons (Fsp3) is 0.615. The van der Waals surface area contributed by atoms with Gasteiger partial charge in [-0.15, -0.1) is 0 Å². The first-order valence-electron chi connectivity index (χ1n) is 5.94. The lowest BCUT2D eigenvalue weighted by Crippen LogP contribution is -2.38. The molecule has 1 heterocycles. The highest BCUT2D eigenvalue weighted by molar-refractivity contribution is 5.88. The third-order valence-corrected chi connectivity index (χ3v) is 4.33. The summed E-state index contributed by atoms with van der Waals surface area (Å²) in [6.45, 7) is 5.12. The minimum absolute atomic E-state index is 0.132. The number of hydrogen-bond donors (Lipinski definition) is 0. The summed E-state index contributed by atoms with van der Waals surface area (Å²) in [5, 5.41) is 9.28. The Balaban J connectivity index is 1.92. The molecule has 1 aliphatic heterocycles. The van der Waals surface area contributed by atoms with E-state index >= 15 is 0 Å². The normalized spacial score (nSPS) is 43.4. The first-order chi connectivity index (χ1) is 8.42. The number of nitrogens with zero attached hydrogens (tertiary/aromatic N) is 1. The zero-order chi connectivity index (χ0) is 13.1. The van der Waals surface area contributed by atoms with Gasteiger partial charge >= 0.3 is 11.9 Å². The molecule has 0 spiro atoms. The van der Waals surface area contributed by atoms with Crippen LogP contribution in [0.15, 0.2) is 12.2 Å². The molecule has 3 fully saturated rings. The zero-order valence-electron chi connectivity index (χ0n) is 10.1. The minimum atomic E-state index is -1.10. The Morgan fingerprint density at radius 1 is 1.61 bits per heavy atom. The van der Waals surface area contributed by atoms with Crippen molar-refractivity contribution in [3.63, 3.8) is 0 Å². The fourth-order valence-corrected chi connectivity index (χ4v) is 3.56. The van der Waals surface area contributed by atoms with Crippen LogP contribution in [0.5, 0.6) is 0 Å². The van der Waals surface area contributed by atoms with Crippen molar-refractivity contribution in [3.05, 3.63) is 12.2 Å². The summed E-state index contributed by atoms with van der Waals surface area (Å²) >= 11 is 0. The molecule has 0 aromatic carbocycles. The van der Waals surface area contributed by atoms with Crippen molar-refractivity contribution in [3.8, 4) is 6.07 Å². The Hall–Kier alpha value is -1.83. The molecule has 18 heavy (non-hydrogen) atoms. The van der Waals surface area contributed by atoms with Crippen LogP contribution in [0.2, 0.25) is 0 Å². The molecule has 3 aliphatic rings. The van der Waals surface area contributed by atoms with E-state index < -0.39 is 23.0 Å². The van der Waals surface area contributed by atoms with Crippen molar-refractivity contribution in [2.45, 2.75) is 37.9 Å². The largest absolute Gasteiger partial charge is 0.461 e. The molecular weight excluding hydrogens is 234 g/mol. The van der Waals surface area contributed by atoms with Gasteiger partial charge in [-0.3, -0.25) is 4.79 Å².